The Hall–Kier alpha value is -2.80. The minimum atomic E-state index is -0.843. The maximum atomic E-state index is 13.3. The molecule has 0 unspecified atom stereocenters. The summed E-state index contributed by atoms with van der Waals surface area (Å²) in [5.41, 5.74) is 2.56. The summed E-state index contributed by atoms with van der Waals surface area (Å²) in [5.74, 6) is -0.760. The Balaban J connectivity index is 1.52. The van der Waals surface area contributed by atoms with E-state index in [-0.39, 0.29) is 24.3 Å². The number of nitrogens with one attached hydrogen (secondary N) is 1. The normalized spacial score (nSPS) is 18.5. The van der Waals surface area contributed by atoms with Gasteiger partial charge in [-0.2, -0.15) is 0 Å². The largest absolute Gasteiger partial charge is 0.341 e. The molecule has 162 valence electrons. The average Bonchev–Trinajstić information content (AvgIpc) is 2.81. The number of hydrogen-bond acceptors (Lipinski definition) is 4. The second-order valence-corrected chi connectivity index (χ2v) is 9.02. The van der Waals surface area contributed by atoms with Crippen LogP contribution in [0.3, 0.4) is 0 Å². The molecule has 1 saturated heterocycles. The van der Waals surface area contributed by atoms with Gasteiger partial charge in [-0.25, -0.2) is 0 Å². The van der Waals surface area contributed by atoms with Gasteiger partial charge >= 0.3 is 0 Å². The van der Waals surface area contributed by atoms with Gasteiger partial charge in [0.1, 0.15) is 6.54 Å². The van der Waals surface area contributed by atoms with Crippen LogP contribution < -0.4 is 10.2 Å². The van der Waals surface area contributed by atoms with Crippen molar-refractivity contribution in [3.8, 4) is 0 Å². The Morgan fingerprint density at radius 2 is 1.74 bits per heavy atom. The molecule has 1 atom stereocenters. The monoisotopic (exact) mass is 437 g/mol. The molecule has 1 fully saturated rings. The van der Waals surface area contributed by atoms with Crippen LogP contribution in [0.4, 0.5) is 11.4 Å². The van der Waals surface area contributed by atoms with Crippen molar-refractivity contribution >= 4 is 40.9 Å². The first-order valence-electron chi connectivity index (χ1n) is 10.8. The van der Waals surface area contributed by atoms with Crippen LogP contribution in [0.25, 0.3) is 0 Å². The smallest absolute Gasteiger partial charge is 0.250 e. The third-order valence-corrected chi connectivity index (χ3v) is 6.97. The van der Waals surface area contributed by atoms with Crippen molar-refractivity contribution in [3.63, 3.8) is 0 Å². The van der Waals surface area contributed by atoms with E-state index in [1.54, 1.807) is 4.90 Å². The molecule has 3 amide bonds. The Morgan fingerprint density at radius 3 is 2.45 bits per heavy atom. The van der Waals surface area contributed by atoms with Crippen LogP contribution in [-0.4, -0.2) is 47.5 Å². The van der Waals surface area contributed by atoms with Crippen LogP contribution in [0.2, 0.25) is 0 Å². The number of benzene rings is 2. The minimum Gasteiger partial charge on any atom is -0.341 e. The fourth-order valence-corrected chi connectivity index (χ4v) is 5.17. The summed E-state index contributed by atoms with van der Waals surface area (Å²) in [6, 6.07) is 15.1. The first kappa shape index (κ1) is 21.4. The lowest BCUT2D eigenvalue weighted by atomic mass is 10.1. The topological polar surface area (TPSA) is 69.7 Å². The van der Waals surface area contributed by atoms with Crippen molar-refractivity contribution in [1.82, 2.24) is 4.90 Å². The highest BCUT2D eigenvalue weighted by Crippen LogP contribution is 2.39. The quantitative estimate of drug-likeness (QED) is 0.724. The zero-order valence-corrected chi connectivity index (χ0v) is 18.5. The van der Waals surface area contributed by atoms with Crippen LogP contribution in [0.5, 0.6) is 0 Å². The first-order valence-corrected chi connectivity index (χ1v) is 11.7. The van der Waals surface area contributed by atoms with Crippen molar-refractivity contribution in [2.24, 2.45) is 0 Å². The van der Waals surface area contributed by atoms with Crippen molar-refractivity contribution in [2.45, 2.75) is 42.8 Å². The fourth-order valence-electron chi connectivity index (χ4n) is 3.98. The second-order valence-electron chi connectivity index (χ2n) is 7.87. The van der Waals surface area contributed by atoms with E-state index >= 15 is 0 Å². The molecule has 0 radical (unpaired) electrons. The number of amides is 3. The fraction of sp³-hybridized carbons (Fsp3) is 0.375. The van der Waals surface area contributed by atoms with E-state index in [1.807, 2.05) is 48.5 Å². The molecule has 0 spiro atoms. The van der Waals surface area contributed by atoms with E-state index in [0.29, 0.717) is 24.5 Å². The number of aryl methyl sites for hydroxylation is 1. The van der Waals surface area contributed by atoms with Gasteiger partial charge in [-0.1, -0.05) is 31.2 Å². The van der Waals surface area contributed by atoms with Gasteiger partial charge in [-0.05, 0) is 55.5 Å². The molecule has 0 aromatic heterocycles. The Bertz CT molecular complexity index is 970. The van der Waals surface area contributed by atoms with E-state index in [0.717, 1.165) is 30.6 Å². The van der Waals surface area contributed by atoms with Gasteiger partial charge in [0.05, 0.1) is 5.69 Å². The molecule has 2 aliphatic heterocycles. The number of para-hydroxylation sites is 1. The molecule has 6 nitrogen and oxygen atoms in total. The molecule has 2 heterocycles. The van der Waals surface area contributed by atoms with Gasteiger partial charge in [0, 0.05) is 23.7 Å². The average molecular weight is 438 g/mol. The highest BCUT2D eigenvalue weighted by atomic mass is 32.2. The number of hydrogen-bond donors (Lipinski definition) is 1. The summed E-state index contributed by atoms with van der Waals surface area (Å²) in [6.07, 6.45) is 3.98. The molecule has 2 aromatic rings. The van der Waals surface area contributed by atoms with E-state index in [1.165, 1.54) is 22.2 Å². The zero-order chi connectivity index (χ0) is 21.8. The summed E-state index contributed by atoms with van der Waals surface area (Å²) in [5, 5.41) is 2.02. The predicted molar refractivity (Wildman–Crippen MR) is 123 cm³/mol. The standard InChI is InChI=1S/C24H27N3O3S/c1-2-17-10-12-18(13-11-17)25-21(28)16-27-19-8-4-5-9-20(19)31-22(24(27)30)23(29)26-14-6-3-7-15-26/h4-5,8-13,22H,2-3,6-7,14-16H2,1H3,(H,25,28)/t22-/m1/s1. The zero-order valence-electron chi connectivity index (χ0n) is 17.7. The number of carbonyl (C=O) groups is 3. The molecular formula is C24H27N3O3S. The maximum absolute atomic E-state index is 13.3. The molecule has 0 aliphatic carbocycles. The number of thioether (sulfide) groups is 1. The SMILES string of the molecule is CCc1ccc(NC(=O)CN2C(=O)[C@@H](C(=O)N3CCCCC3)Sc3ccccc32)cc1. The van der Waals surface area contributed by atoms with Crippen LogP contribution in [0, 0.1) is 0 Å². The minimum absolute atomic E-state index is 0.129. The van der Waals surface area contributed by atoms with Crippen molar-refractivity contribution in [1.29, 1.82) is 0 Å². The number of piperidine rings is 1. The summed E-state index contributed by atoms with van der Waals surface area (Å²) < 4.78 is 0. The Labute approximate surface area is 187 Å². The van der Waals surface area contributed by atoms with Crippen molar-refractivity contribution < 1.29 is 14.4 Å². The molecule has 1 N–H and O–H groups in total. The van der Waals surface area contributed by atoms with Gasteiger partial charge < -0.3 is 15.1 Å². The van der Waals surface area contributed by atoms with Gasteiger partial charge in [-0.15, -0.1) is 11.8 Å². The molecule has 7 heteroatoms. The highest BCUT2D eigenvalue weighted by Gasteiger charge is 2.40. The predicted octanol–water partition coefficient (Wildman–Crippen LogP) is 3.71. The maximum Gasteiger partial charge on any atom is 0.250 e. The number of carbonyl (C=O) groups excluding carboxylic acids is 3. The lowest BCUT2D eigenvalue weighted by Gasteiger charge is -2.36. The molecule has 2 aromatic carbocycles. The van der Waals surface area contributed by atoms with Crippen molar-refractivity contribution in [2.75, 3.05) is 29.9 Å². The van der Waals surface area contributed by atoms with E-state index in [2.05, 4.69) is 12.2 Å². The highest BCUT2D eigenvalue weighted by molar-refractivity contribution is 8.01. The second kappa shape index (κ2) is 9.56. The third-order valence-electron chi connectivity index (χ3n) is 5.73. The van der Waals surface area contributed by atoms with E-state index in [9.17, 15) is 14.4 Å². The lowest BCUT2D eigenvalue weighted by molar-refractivity contribution is -0.135. The van der Waals surface area contributed by atoms with Crippen LogP contribution in [0.15, 0.2) is 53.4 Å². The number of likely N-dealkylation sites (tertiary alicyclic amines) is 1. The van der Waals surface area contributed by atoms with E-state index in [4.69, 9.17) is 0 Å². The van der Waals surface area contributed by atoms with Crippen LogP contribution in [0.1, 0.15) is 31.7 Å². The molecule has 2 aliphatic rings. The Morgan fingerprint density at radius 1 is 1.03 bits per heavy atom. The number of nitrogens with zero attached hydrogens (tertiary/aromatic N) is 2. The molecular weight excluding hydrogens is 410 g/mol. The van der Waals surface area contributed by atoms with Crippen LogP contribution >= 0.6 is 11.8 Å². The summed E-state index contributed by atoms with van der Waals surface area (Å²) in [4.78, 5) is 43.3. The Kier molecular flexibility index (Phi) is 6.61. The van der Waals surface area contributed by atoms with E-state index < -0.39 is 5.25 Å². The third kappa shape index (κ3) is 4.77. The summed E-state index contributed by atoms with van der Waals surface area (Å²) in [6.45, 7) is 3.33. The number of anilines is 2. The van der Waals surface area contributed by atoms with Crippen LogP contribution in [-0.2, 0) is 20.8 Å². The molecule has 4 rings (SSSR count). The molecule has 0 saturated carbocycles. The van der Waals surface area contributed by atoms with Gasteiger partial charge in [0.15, 0.2) is 5.25 Å². The lowest BCUT2D eigenvalue weighted by Crippen LogP contribution is -2.52. The van der Waals surface area contributed by atoms with Gasteiger partial charge in [-0.3, -0.25) is 14.4 Å². The number of rotatable bonds is 5. The first-order chi connectivity index (χ1) is 15.1. The number of fused-ring (bicyclic) bond motifs is 1. The van der Waals surface area contributed by atoms with Gasteiger partial charge in [0.25, 0.3) is 5.91 Å². The molecule has 0 bridgehead atoms. The molecule has 31 heavy (non-hydrogen) atoms. The van der Waals surface area contributed by atoms with Crippen molar-refractivity contribution in [3.05, 3.63) is 54.1 Å². The summed E-state index contributed by atoms with van der Waals surface area (Å²) in [7, 11) is 0. The van der Waals surface area contributed by atoms with Gasteiger partial charge in [0.2, 0.25) is 11.8 Å². The summed E-state index contributed by atoms with van der Waals surface area (Å²) >= 11 is 1.29.